The van der Waals surface area contributed by atoms with Gasteiger partial charge in [-0.1, -0.05) is 6.07 Å². The molecule has 1 aromatic heterocycles. The number of methoxy groups -OCH3 is 1. The maximum atomic E-state index is 12.3. The van der Waals surface area contributed by atoms with E-state index in [1.807, 2.05) is 25.1 Å². The number of nitrogens with zero attached hydrogens (tertiary/aromatic N) is 2. The summed E-state index contributed by atoms with van der Waals surface area (Å²) in [5.74, 6) is 0.516. The van der Waals surface area contributed by atoms with E-state index in [2.05, 4.69) is 19.9 Å². The molecule has 2 unspecified atom stereocenters. The number of hydrogen-bond donors (Lipinski definition) is 1. The zero-order valence-electron chi connectivity index (χ0n) is 13.1. The second-order valence-electron chi connectivity index (χ2n) is 5.66. The molecule has 1 aromatic rings. The largest absolute Gasteiger partial charge is 0.469 e. The fraction of sp³-hybridized carbons (Fsp3) is 0.562. The number of carbonyl (C=O) groups excluding carboxylic acids is 2. The SMILES string of the molecule is COC(=O)CC(C)NC(=O)C1CCCN(c2ccccn2)C1. The van der Waals surface area contributed by atoms with E-state index in [0.29, 0.717) is 6.54 Å². The Kier molecular flexibility index (Phi) is 5.75. The van der Waals surface area contributed by atoms with Gasteiger partial charge in [-0.05, 0) is 31.9 Å². The fourth-order valence-corrected chi connectivity index (χ4v) is 2.69. The normalized spacial score (nSPS) is 19.4. The van der Waals surface area contributed by atoms with Crippen LogP contribution in [0.1, 0.15) is 26.2 Å². The van der Waals surface area contributed by atoms with Crippen molar-refractivity contribution in [3.05, 3.63) is 24.4 Å². The first-order chi connectivity index (χ1) is 10.6. The summed E-state index contributed by atoms with van der Waals surface area (Å²) in [7, 11) is 1.35. The van der Waals surface area contributed by atoms with Crippen LogP contribution in [0.25, 0.3) is 0 Å². The molecule has 22 heavy (non-hydrogen) atoms. The maximum Gasteiger partial charge on any atom is 0.307 e. The smallest absolute Gasteiger partial charge is 0.307 e. The molecule has 0 radical (unpaired) electrons. The lowest BCUT2D eigenvalue weighted by molar-refractivity contribution is -0.141. The molecule has 0 aliphatic carbocycles. The van der Waals surface area contributed by atoms with Crippen molar-refractivity contribution in [3.63, 3.8) is 0 Å². The first-order valence-corrected chi connectivity index (χ1v) is 7.63. The number of pyridine rings is 1. The van der Waals surface area contributed by atoms with Gasteiger partial charge in [-0.25, -0.2) is 4.98 Å². The van der Waals surface area contributed by atoms with Crippen LogP contribution in [0.5, 0.6) is 0 Å². The third kappa shape index (κ3) is 4.44. The highest BCUT2D eigenvalue weighted by Gasteiger charge is 2.27. The number of esters is 1. The molecule has 1 aliphatic heterocycles. The Labute approximate surface area is 130 Å². The van der Waals surface area contributed by atoms with Gasteiger partial charge >= 0.3 is 5.97 Å². The lowest BCUT2D eigenvalue weighted by Crippen LogP contribution is -2.46. The summed E-state index contributed by atoms with van der Waals surface area (Å²) >= 11 is 0. The van der Waals surface area contributed by atoms with Crippen LogP contribution >= 0.6 is 0 Å². The second-order valence-corrected chi connectivity index (χ2v) is 5.66. The Hall–Kier alpha value is -2.11. The van der Waals surface area contributed by atoms with Gasteiger partial charge < -0.3 is 15.0 Å². The summed E-state index contributed by atoms with van der Waals surface area (Å²) in [5, 5.41) is 2.90. The van der Waals surface area contributed by atoms with Crippen molar-refractivity contribution in [3.8, 4) is 0 Å². The molecule has 0 aromatic carbocycles. The van der Waals surface area contributed by atoms with Crippen LogP contribution in [-0.2, 0) is 14.3 Å². The predicted octanol–water partition coefficient (Wildman–Crippen LogP) is 1.37. The standard InChI is InChI=1S/C16H23N3O3/c1-12(10-15(20)22-2)18-16(21)13-6-5-9-19(11-13)14-7-3-4-8-17-14/h3-4,7-8,12-13H,5-6,9-11H2,1-2H3,(H,18,21). The molecule has 1 aliphatic rings. The highest BCUT2D eigenvalue weighted by Crippen LogP contribution is 2.21. The van der Waals surface area contributed by atoms with Crippen molar-refractivity contribution in [1.29, 1.82) is 0 Å². The highest BCUT2D eigenvalue weighted by molar-refractivity contribution is 5.80. The van der Waals surface area contributed by atoms with E-state index in [4.69, 9.17) is 0 Å². The van der Waals surface area contributed by atoms with E-state index in [1.54, 1.807) is 6.20 Å². The Morgan fingerprint density at radius 3 is 3.00 bits per heavy atom. The molecule has 0 bridgehead atoms. The average Bonchev–Trinajstić information content (AvgIpc) is 2.55. The molecule has 2 rings (SSSR count). The monoisotopic (exact) mass is 305 g/mol. The zero-order chi connectivity index (χ0) is 15.9. The van der Waals surface area contributed by atoms with E-state index < -0.39 is 0 Å². The number of amides is 1. The van der Waals surface area contributed by atoms with Gasteiger partial charge in [0.1, 0.15) is 5.82 Å². The summed E-state index contributed by atoms with van der Waals surface area (Å²) in [6.07, 6.45) is 3.77. The highest BCUT2D eigenvalue weighted by atomic mass is 16.5. The lowest BCUT2D eigenvalue weighted by atomic mass is 9.96. The molecule has 6 nitrogen and oxygen atoms in total. The van der Waals surface area contributed by atoms with Crippen molar-refractivity contribution in [2.75, 3.05) is 25.1 Å². The number of carbonyl (C=O) groups is 2. The van der Waals surface area contributed by atoms with Gasteiger partial charge in [0.25, 0.3) is 0 Å². The maximum absolute atomic E-state index is 12.3. The molecule has 6 heteroatoms. The second kappa shape index (κ2) is 7.77. The van der Waals surface area contributed by atoms with Crippen molar-refractivity contribution < 1.29 is 14.3 Å². The Morgan fingerprint density at radius 1 is 1.50 bits per heavy atom. The summed E-state index contributed by atoms with van der Waals surface area (Å²) in [6, 6.07) is 5.57. The van der Waals surface area contributed by atoms with Crippen LogP contribution in [0.4, 0.5) is 5.82 Å². The molecule has 1 saturated heterocycles. The summed E-state index contributed by atoms with van der Waals surface area (Å²) in [5.41, 5.74) is 0. The Balaban J connectivity index is 1.89. The number of anilines is 1. The van der Waals surface area contributed by atoms with Gasteiger partial charge in [0.15, 0.2) is 0 Å². The number of rotatable bonds is 5. The van der Waals surface area contributed by atoms with E-state index in [1.165, 1.54) is 7.11 Å². The molecule has 1 fully saturated rings. The Morgan fingerprint density at radius 2 is 2.32 bits per heavy atom. The number of aromatic nitrogens is 1. The molecular weight excluding hydrogens is 282 g/mol. The minimum Gasteiger partial charge on any atom is -0.469 e. The van der Waals surface area contributed by atoms with Crippen LogP contribution < -0.4 is 10.2 Å². The third-order valence-electron chi connectivity index (χ3n) is 3.85. The van der Waals surface area contributed by atoms with Crippen LogP contribution in [0.2, 0.25) is 0 Å². The van der Waals surface area contributed by atoms with Crippen LogP contribution in [0, 0.1) is 5.92 Å². The zero-order valence-corrected chi connectivity index (χ0v) is 13.1. The van der Waals surface area contributed by atoms with E-state index in [0.717, 1.165) is 25.2 Å². The quantitative estimate of drug-likeness (QED) is 0.832. The number of piperidine rings is 1. The van der Waals surface area contributed by atoms with Gasteiger partial charge in [-0.15, -0.1) is 0 Å². The van der Waals surface area contributed by atoms with Gasteiger partial charge in [0.2, 0.25) is 5.91 Å². The van der Waals surface area contributed by atoms with E-state index in [9.17, 15) is 9.59 Å². The summed E-state index contributed by atoms with van der Waals surface area (Å²) in [4.78, 5) is 30.1. The molecule has 2 atom stereocenters. The van der Waals surface area contributed by atoms with Crippen LogP contribution in [0.3, 0.4) is 0 Å². The molecule has 120 valence electrons. The number of ether oxygens (including phenoxy) is 1. The van der Waals surface area contributed by atoms with Crippen molar-refractivity contribution in [2.45, 2.75) is 32.2 Å². The molecule has 1 N–H and O–H groups in total. The Bertz CT molecular complexity index is 507. The fourth-order valence-electron chi connectivity index (χ4n) is 2.69. The summed E-state index contributed by atoms with van der Waals surface area (Å²) < 4.78 is 4.62. The summed E-state index contributed by atoms with van der Waals surface area (Å²) in [6.45, 7) is 3.39. The minimum absolute atomic E-state index is 0.00275. The van der Waals surface area contributed by atoms with E-state index >= 15 is 0 Å². The molecule has 1 amide bonds. The molecule has 2 heterocycles. The van der Waals surface area contributed by atoms with Crippen molar-refractivity contribution in [1.82, 2.24) is 10.3 Å². The predicted molar refractivity (Wildman–Crippen MR) is 83.4 cm³/mol. The molecule has 0 spiro atoms. The molecular formula is C16H23N3O3. The topological polar surface area (TPSA) is 71.5 Å². The minimum atomic E-state index is -0.313. The first-order valence-electron chi connectivity index (χ1n) is 7.63. The third-order valence-corrected chi connectivity index (χ3v) is 3.85. The van der Waals surface area contributed by atoms with Crippen molar-refractivity contribution >= 4 is 17.7 Å². The van der Waals surface area contributed by atoms with Gasteiger partial charge in [0, 0.05) is 25.3 Å². The lowest BCUT2D eigenvalue weighted by Gasteiger charge is -2.33. The number of hydrogen-bond acceptors (Lipinski definition) is 5. The van der Waals surface area contributed by atoms with Crippen LogP contribution in [0.15, 0.2) is 24.4 Å². The van der Waals surface area contributed by atoms with Crippen molar-refractivity contribution in [2.24, 2.45) is 5.92 Å². The van der Waals surface area contributed by atoms with Gasteiger partial charge in [-0.2, -0.15) is 0 Å². The molecule has 0 saturated carbocycles. The number of nitrogens with one attached hydrogen (secondary N) is 1. The van der Waals surface area contributed by atoms with E-state index in [-0.39, 0.29) is 30.3 Å². The van der Waals surface area contributed by atoms with Gasteiger partial charge in [-0.3, -0.25) is 9.59 Å². The first kappa shape index (κ1) is 16.3. The van der Waals surface area contributed by atoms with Crippen LogP contribution in [-0.4, -0.2) is 43.1 Å². The van der Waals surface area contributed by atoms with Gasteiger partial charge in [0.05, 0.1) is 19.4 Å². The average molecular weight is 305 g/mol.